The number of nitrogens with one attached hydrogen (secondary N) is 1. The van der Waals surface area contributed by atoms with Crippen LogP contribution >= 0.6 is 0 Å². The lowest BCUT2D eigenvalue weighted by molar-refractivity contribution is 0.0525. The van der Waals surface area contributed by atoms with Crippen LogP contribution in [-0.4, -0.2) is 36.3 Å². The molecule has 0 bridgehead atoms. The van der Waals surface area contributed by atoms with Crippen LogP contribution < -0.4 is 10.1 Å². The summed E-state index contributed by atoms with van der Waals surface area (Å²) in [6.45, 7) is 8.58. The van der Waals surface area contributed by atoms with Crippen LogP contribution in [0.15, 0.2) is 24.3 Å². The summed E-state index contributed by atoms with van der Waals surface area (Å²) in [5.74, 6) is 2.96. The maximum atomic E-state index is 12.1. The number of fused-ring (bicyclic) bond motifs is 1. The van der Waals surface area contributed by atoms with Gasteiger partial charge in [0.25, 0.3) is 0 Å². The summed E-state index contributed by atoms with van der Waals surface area (Å²) in [6, 6.07) is 7.78. The van der Waals surface area contributed by atoms with Crippen molar-refractivity contribution < 1.29 is 14.3 Å². The van der Waals surface area contributed by atoms with E-state index in [1.165, 1.54) is 0 Å². The molecule has 0 aliphatic heterocycles. The molecular formula is C21H26N2O3. The third-order valence-electron chi connectivity index (χ3n) is 4.05. The molecule has 0 aliphatic rings. The summed E-state index contributed by atoms with van der Waals surface area (Å²) in [5.41, 5.74) is 1.96. The van der Waals surface area contributed by atoms with Crippen molar-refractivity contribution in [2.45, 2.75) is 46.3 Å². The molecule has 1 heterocycles. The first-order valence-electron chi connectivity index (χ1n) is 8.86. The molecule has 26 heavy (non-hydrogen) atoms. The Bertz CT molecular complexity index is 811. The van der Waals surface area contributed by atoms with Crippen LogP contribution in [0.3, 0.4) is 0 Å². The van der Waals surface area contributed by atoms with E-state index in [9.17, 15) is 4.79 Å². The van der Waals surface area contributed by atoms with Crippen LogP contribution in [0.5, 0.6) is 5.75 Å². The Balaban J connectivity index is 2.15. The Hall–Kier alpha value is -2.58. The number of nitrogens with zero attached hydrogens (tertiary/aromatic N) is 1. The molecule has 0 spiro atoms. The van der Waals surface area contributed by atoms with E-state index >= 15 is 0 Å². The van der Waals surface area contributed by atoms with Crippen molar-refractivity contribution in [2.75, 3.05) is 13.2 Å². The van der Waals surface area contributed by atoms with Crippen molar-refractivity contribution in [3.05, 3.63) is 35.5 Å². The number of esters is 1. The number of pyridine rings is 1. The van der Waals surface area contributed by atoms with Gasteiger partial charge < -0.3 is 14.8 Å². The number of carbonyl (C=O) groups excluding carboxylic acids is 1. The fraction of sp³-hybridized carbons (Fsp3) is 0.429. The lowest BCUT2D eigenvalue weighted by Crippen LogP contribution is -2.31. The highest BCUT2D eigenvalue weighted by Crippen LogP contribution is 2.24. The molecule has 2 unspecified atom stereocenters. The van der Waals surface area contributed by atoms with Crippen LogP contribution in [0.2, 0.25) is 0 Å². The minimum Gasteiger partial charge on any atom is -0.491 e. The average molecular weight is 354 g/mol. The van der Waals surface area contributed by atoms with Crippen molar-refractivity contribution in [1.82, 2.24) is 10.3 Å². The normalized spacial score (nSPS) is 13.0. The second kappa shape index (κ2) is 9.21. The second-order valence-corrected chi connectivity index (χ2v) is 6.35. The van der Waals surface area contributed by atoms with Gasteiger partial charge in [0.05, 0.1) is 36.0 Å². The zero-order chi connectivity index (χ0) is 19.1. The highest BCUT2D eigenvalue weighted by molar-refractivity contribution is 5.95. The van der Waals surface area contributed by atoms with Crippen LogP contribution in [0, 0.1) is 19.3 Å². The van der Waals surface area contributed by atoms with Gasteiger partial charge in [-0.15, -0.1) is 6.42 Å². The molecule has 1 aromatic carbocycles. The van der Waals surface area contributed by atoms with Crippen LogP contribution in [0.4, 0.5) is 0 Å². The summed E-state index contributed by atoms with van der Waals surface area (Å²) in [4.78, 5) is 16.6. The Kier molecular flexibility index (Phi) is 6.99. The van der Waals surface area contributed by atoms with Gasteiger partial charge in [-0.2, -0.15) is 0 Å². The Labute approximate surface area is 155 Å². The van der Waals surface area contributed by atoms with Gasteiger partial charge in [-0.25, -0.2) is 4.79 Å². The summed E-state index contributed by atoms with van der Waals surface area (Å²) < 4.78 is 11.1. The quantitative estimate of drug-likeness (QED) is 0.581. The zero-order valence-corrected chi connectivity index (χ0v) is 15.8. The van der Waals surface area contributed by atoms with E-state index in [-0.39, 0.29) is 18.1 Å². The number of terminal acetylenes is 1. The fourth-order valence-corrected chi connectivity index (χ4v) is 2.83. The summed E-state index contributed by atoms with van der Waals surface area (Å²) >= 11 is 0. The van der Waals surface area contributed by atoms with Gasteiger partial charge in [-0.05, 0) is 58.4 Å². The van der Waals surface area contributed by atoms with Gasteiger partial charge in [-0.3, -0.25) is 4.98 Å². The zero-order valence-electron chi connectivity index (χ0n) is 15.8. The van der Waals surface area contributed by atoms with E-state index in [1.54, 1.807) is 6.92 Å². The number of carbonyl (C=O) groups is 1. The van der Waals surface area contributed by atoms with Crippen molar-refractivity contribution in [3.63, 3.8) is 0 Å². The lowest BCUT2D eigenvalue weighted by Gasteiger charge is -2.19. The minimum absolute atomic E-state index is 0.0238. The second-order valence-electron chi connectivity index (χ2n) is 6.35. The first kappa shape index (κ1) is 19.7. The monoisotopic (exact) mass is 354 g/mol. The average Bonchev–Trinajstić information content (AvgIpc) is 2.59. The van der Waals surface area contributed by atoms with Gasteiger partial charge in [-0.1, -0.05) is 5.92 Å². The van der Waals surface area contributed by atoms with Gasteiger partial charge in [0.1, 0.15) is 5.75 Å². The number of benzene rings is 1. The number of aryl methyl sites for hydroxylation is 1. The smallest absolute Gasteiger partial charge is 0.339 e. The van der Waals surface area contributed by atoms with Gasteiger partial charge in [0.15, 0.2) is 0 Å². The molecule has 2 aromatic rings. The molecule has 2 atom stereocenters. The van der Waals surface area contributed by atoms with E-state index in [0.717, 1.165) is 23.1 Å². The number of rotatable bonds is 8. The number of aromatic nitrogens is 1. The van der Waals surface area contributed by atoms with E-state index in [2.05, 4.69) is 23.1 Å². The predicted molar refractivity (Wildman–Crippen MR) is 103 cm³/mol. The van der Waals surface area contributed by atoms with Crippen LogP contribution in [0.1, 0.15) is 43.2 Å². The largest absolute Gasteiger partial charge is 0.491 e. The molecule has 1 aromatic heterocycles. The van der Waals surface area contributed by atoms with Crippen molar-refractivity contribution in [2.24, 2.45) is 0 Å². The van der Waals surface area contributed by atoms with Crippen molar-refractivity contribution >= 4 is 16.9 Å². The Morgan fingerprint density at radius 2 is 2.12 bits per heavy atom. The fourth-order valence-electron chi connectivity index (χ4n) is 2.83. The summed E-state index contributed by atoms with van der Waals surface area (Å²) in [7, 11) is 0. The van der Waals surface area contributed by atoms with Crippen LogP contribution in [-0.2, 0) is 4.74 Å². The summed E-state index contributed by atoms with van der Waals surface area (Å²) in [6.07, 6.45) is 6.12. The minimum atomic E-state index is -0.354. The third-order valence-corrected chi connectivity index (χ3v) is 4.05. The maximum absolute atomic E-state index is 12.1. The molecule has 138 valence electrons. The number of ether oxygens (including phenoxy) is 2. The Morgan fingerprint density at radius 1 is 1.35 bits per heavy atom. The predicted octanol–water partition coefficient (Wildman–Crippen LogP) is 3.49. The van der Waals surface area contributed by atoms with Gasteiger partial charge >= 0.3 is 5.97 Å². The summed E-state index contributed by atoms with van der Waals surface area (Å²) in [5, 5.41) is 4.09. The van der Waals surface area contributed by atoms with Crippen molar-refractivity contribution in [1.29, 1.82) is 0 Å². The van der Waals surface area contributed by atoms with Crippen LogP contribution in [0.25, 0.3) is 10.9 Å². The van der Waals surface area contributed by atoms with E-state index in [4.69, 9.17) is 15.9 Å². The number of hydrogen-bond acceptors (Lipinski definition) is 5. The van der Waals surface area contributed by atoms with E-state index in [0.29, 0.717) is 24.4 Å². The van der Waals surface area contributed by atoms with E-state index in [1.807, 2.05) is 38.1 Å². The van der Waals surface area contributed by atoms with Gasteiger partial charge in [0.2, 0.25) is 0 Å². The highest BCUT2D eigenvalue weighted by Gasteiger charge is 2.14. The molecule has 0 radical (unpaired) electrons. The third kappa shape index (κ3) is 5.21. The lowest BCUT2D eigenvalue weighted by atomic mass is 10.1. The molecular weight excluding hydrogens is 328 g/mol. The topological polar surface area (TPSA) is 60.5 Å². The molecule has 0 fully saturated rings. The van der Waals surface area contributed by atoms with E-state index < -0.39 is 0 Å². The molecule has 2 rings (SSSR count). The van der Waals surface area contributed by atoms with Crippen molar-refractivity contribution in [3.8, 4) is 18.1 Å². The molecule has 0 aliphatic carbocycles. The first-order valence-corrected chi connectivity index (χ1v) is 8.86. The standard InChI is InChI=1S/C21H26N2O3/c1-6-10-22-14(3)11-15(4)26-18-8-9-20-17(12-18)13-19(16(5)23-20)21(24)25-7-2/h1,8-9,12-15,22H,7,10-11H2,2-5H3. The first-order chi connectivity index (χ1) is 12.4. The molecule has 0 saturated heterocycles. The molecule has 1 N–H and O–H groups in total. The molecule has 0 amide bonds. The SMILES string of the molecule is C#CCNC(C)CC(C)Oc1ccc2nc(C)c(C(=O)OCC)cc2c1. The van der Waals surface area contributed by atoms with Gasteiger partial charge in [0, 0.05) is 11.4 Å². The maximum Gasteiger partial charge on any atom is 0.339 e. The molecule has 5 heteroatoms. The highest BCUT2D eigenvalue weighted by atomic mass is 16.5. The molecule has 5 nitrogen and oxygen atoms in total. The molecule has 0 saturated carbocycles. The Morgan fingerprint density at radius 3 is 2.81 bits per heavy atom. The number of hydrogen-bond donors (Lipinski definition) is 1.